The largest absolute Gasteiger partial charge is 0.489 e. The van der Waals surface area contributed by atoms with Crippen molar-refractivity contribution in [1.29, 1.82) is 0 Å². The number of para-hydroxylation sites is 1. The average Bonchev–Trinajstić information content (AvgIpc) is 3.20. The summed E-state index contributed by atoms with van der Waals surface area (Å²) < 4.78 is 6.33. The lowest BCUT2D eigenvalue weighted by molar-refractivity contribution is -0.137. The standard InChI is InChI=1S/C24H30O3/c1-3-4-8-17(2)9-5-10-18-15-16-21-23(18)20-13-6-11-19(24(20)27-21)12-7-14-22(25)26/h5-6,10-11,13,17-18,21,23H,7-9,12,14-16H2,1-2H3,(H,25,26)/b10-5+. The summed E-state index contributed by atoms with van der Waals surface area (Å²) in [6.45, 7) is 4.15. The van der Waals surface area contributed by atoms with Gasteiger partial charge in [0.15, 0.2) is 0 Å². The lowest BCUT2D eigenvalue weighted by Crippen LogP contribution is -2.14. The fourth-order valence-corrected chi connectivity index (χ4v) is 4.41. The molecule has 0 radical (unpaired) electrons. The third kappa shape index (κ3) is 4.75. The van der Waals surface area contributed by atoms with Crippen LogP contribution in [0.2, 0.25) is 0 Å². The van der Waals surface area contributed by atoms with Crippen molar-refractivity contribution in [2.24, 2.45) is 11.8 Å². The molecule has 1 aliphatic carbocycles. The quantitative estimate of drug-likeness (QED) is 0.499. The average molecular weight is 367 g/mol. The van der Waals surface area contributed by atoms with Gasteiger partial charge in [-0.2, -0.15) is 0 Å². The van der Waals surface area contributed by atoms with Crippen LogP contribution in [0.5, 0.6) is 5.75 Å². The molecule has 1 heterocycles. The monoisotopic (exact) mass is 366 g/mol. The summed E-state index contributed by atoms with van der Waals surface area (Å²) in [4.78, 5) is 10.8. The van der Waals surface area contributed by atoms with Crippen LogP contribution < -0.4 is 4.74 Å². The summed E-state index contributed by atoms with van der Waals surface area (Å²) in [6, 6.07) is 6.39. The molecule has 0 aromatic heterocycles. The molecule has 1 aromatic rings. The number of carboxylic acid groups (broad SMARTS) is 1. The van der Waals surface area contributed by atoms with E-state index in [0.29, 0.717) is 24.2 Å². The Morgan fingerprint density at radius 2 is 2.26 bits per heavy atom. The maximum absolute atomic E-state index is 10.8. The van der Waals surface area contributed by atoms with E-state index in [-0.39, 0.29) is 12.5 Å². The first kappa shape index (κ1) is 19.5. The van der Waals surface area contributed by atoms with Gasteiger partial charge in [-0.3, -0.25) is 4.79 Å². The molecule has 3 nitrogen and oxygen atoms in total. The van der Waals surface area contributed by atoms with E-state index in [1.807, 2.05) is 6.92 Å². The maximum Gasteiger partial charge on any atom is 0.303 e. The van der Waals surface area contributed by atoms with Crippen molar-refractivity contribution in [2.45, 2.75) is 70.8 Å². The number of fused-ring (bicyclic) bond motifs is 3. The smallest absolute Gasteiger partial charge is 0.303 e. The van der Waals surface area contributed by atoms with E-state index in [0.717, 1.165) is 37.0 Å². The normalized spacial score (nSPS) is 24.0. The number of allylic oxidation sites excluding steroid dienone is 2. The Morgan fingerprint density at radius 1 is 1.41 bits per heavy atom. The SMILES string of the molecule is CC#CCC(C)C/C=C/C1CCC2Oc3c(CCCC(=O)O)cccc3C12. The van der Waals surface area contributed by atoms with E-state index >= 15 is 0 Å². The van der Waals surface area contributed by atoms with E-state index in [9.17, 15) is 4.79 Å². The molecule has 4 atom stereocenters. The molecule has 0 bridgehead atoms. The first-order valence-corrected chi connectivity index (χ1v) is 10.2. The van der Waals surface area contributed by atoms with Gasteiger partial charge in [0.2, 0.25) is 0 Å². The zero-order valence-electron chi connectivity index (χ0n) is 16.4. The molecule has 1 fully saturated rings. The second kappa shape index (κ2) is 9.13. The highest BCUT2D eigenvalue weighted by Gasteiger charge is 2.44. The van der Waals surface area contributed by atoms with E-state index in [2.05, 4.69) is 49.1 Å². The fraction of sp³-hybridized carbons (Fsp3) is 0.542. The van der Waals surface area contributed by atoms with Crippen molar-refractivity contribution in [3.63, 3.8) is 0 Å². The second-order valence-electron chi connectivity index (χ2n) is 7.91. The van der Waals surface area contributed by atoms with Gasteiger partial charge in [-0.25, -0.2) is 0 Å². The summed E-state index contributed by atoms with van der Waals surface area (Å²) in [6.07, 6.45) is 11.0. The number of carboxylic acids is 1. The van der Waals surface area contributed by atoms with Crippen LogP contribution in [0, 0.1) is 23.7 Å². The Hall–Kier alpha value is -2.21. The van der Waals surface area contributed by atoms with Gasteiger partial charge in [-0.05, 0) is 56.4 Å². The summed E-state index contributed by atoms with van der Waals surface area (Å²) in [7, 11) is 0. The van der Waals surface area contributed by atoms with E-state index < -0.39 is 5.97 Å². The van der Waals surface area contributed by atoms with E-state index in [4.69, 9.17) is 9.84 Å². The zero-order valence-corrected chi connectivity index (χ0v) is 16.4. The van der Waals surface area contributed by atoms with Crippen LogP contribution in [0.1, 0.15) is 69.4 Å². The Kier molecular flexibility index (Phi) is 6.61. The number of rotatable bonds is 8. The molecule has 1 aliphatic heterocycles. The third-order valence-corrected chi connectivity index (χ3v) is 5.79. The Bertz CT molecular complexity index is 753. The highest BCUT2D eigenvalue weighted by molar-refractivity contribution is 5.66. The molecule has 0 saturated heterocycles. The van der Waals surface area contributed by atoms with Crippen LogP contribution in [-0.4, -0.2) is 17.2 Å². The number of benzene rings is 1. The highest BCUT2D eigenvalue weighted by Crippen LogP contribution is 2.51. The number of aryl methyl sites for hydroxylation is 1. The summed E-state index contributed by atoms with van der Waals surface area (Å²) in [5, 5.41) is 8.87. The van der Waals surface area contributed by atoms with Crippen LogP contribution in [-0.2, 0) is 11.2 Å². The maximum atomic E-state index is 10.8. The van der Waals surface area contributed by atoms with Crippen LogP contribution in [0.4, 0.5) is 0 Å². The van der Waals surface area contributed by atoms with Crippen LogP contribution in [0.25, 0.3) is 0 Å². The minimum atomic E-state index is -0.732. The highest BCUT2D eigenvalue weighted by atomic mass is 16.5. The summed E-state index contributed by atoms with van der Waals surface area (Å²) >= 11 is 0. The Labute approximate surface area is 162 Å². The fourth-order valence-electron chi connectivity index (χ4n) is 4.41. The molecule has 1 aromatic carbocycles. The predicted octanol–water partition coefficient (Wildman–Crippen LogP) is 5.34. The molecule has 0 spiro atoms. The molecule has 1 saturated carbocycles. The van der Waals surface area contributed by atoms with Crippen LogP contribution >= 0.6 is 0 Å². The van der Waals surface area contributed by atoms with Gasteiger partial charge in [-0.15, -0.1) is 11.8 Å². The van der Waals surface area contributed by atoms with Crippen molar-refractivity contribution >= 4 is 5.97 Å². The molecule has 2 aliphatic rings. The number of hydrogen-bond acceptors (Lipinski definition) is 2. The predicted molar refractivity (Wildman–Crippen MR) is 108 cm³/mol. The Morgan fingerprint density at radius 3 is 3.04 bits per heavy atom. The molecular weight excluding hydrogens is 336 g/mol. The topological polar surface area (TPSA) is 46.5 Å². The van der Waals surface area contributed by atoms with E-state index in [1.165, 1.54) is 12.0 Å². The number of carbonyl (C=O) groups is 1. The third-order valence-electron chi connectivity index (χ3n) is 5.79. The lowest BCUT2D eigenvalue weighted by atomic mass is 9.87. The van der Waals surface area contributed by atoms with Crippen molar-refractivity contribution in [3.05, 3.63) is 41.5 Å². The number of hydrogen-bond donors (Lipinski definition) is 1. The van der Waals surface area contributed by atoms with Crippen LogP contribution in [0.15, 0.2) is 30.4 Å². The Balaban J connectivity index is 1.66. The molecule has 144 valence electrons. The van der Waals surface area contributed by atoms with Crippen molar-refractivity contribution in [1.82, 2.24) is 0 Å². The molecule has 0 amide bonds. The molecule has 3 rings (SSSR count). The molecule has 3 heteroatoms. The minimum absolute atomic E-state index is 0.211. The zero-order chi connectivity index (χ0) is 19.2. The van der Waals surface area contributed by atoms with Gasteiger partial charge in [0.1, 0.15) is 11.9 Å². The first-order valence-electron chi connectivity index (χ1n) is 10.2. The summed E-state index contributed by atoms with van der Waals surface area (Å²) in [5.74, 6) is 8.02. The first-order chi connectivity index (χ1) is 13.1. The number of ether oxygens (including phenoxy) is 1. The van der Waals surface area contributed by atoms with Gasteiger partial charge in [-0.1, -0.05) is 37.3 Å². The van der Waals surface area contributed by atoms with Gasteiger partial charge in [0.05, 0.1) is 0 Å². The van der Waals surface area contributed by atoms with Gasteiger partial charge < -0.3 is 9.84 Å². The van der Waals surface area contributed by atoms with Crippen LogP contribution in [0.3, 0.4) is 0 Å². The van der Waals surface area contributed by atoms with Gasteiger partial charge in [0.25, 0.3) is 0 Å². The second-order valence-corrected chi connectivity index (χ2v) is 7.91. The molecule has 1 N–H and O–H groups in total. The van der Waals surface area contributed by atoms with Gasteiger partial charge >= 0.3 is 5.97 Å². The molecule has 27 heavy (non-hydrogen) atoms. The summed E-state index contributed by atoms with van der Waals surface area (Å²) in [5.41, 5.74) is 2.49. The number of aliphatic carboxylic acids is 1. The van der Waals surface area contributed by atoms with Crippen molar-refractivity contribution in [2.75, 3.05) is 0 Å². The van der Waals surface area contributed by atoms with E-state index in [1.54, 1.807) is 0 Å². The minimum Gasteiger partial charge on any atom is -0.489 e. The lowest BCUT2D eigenvalue weighted by Gasteiger charge is -2.15. The van der Waals surface area contributed by atoms with Crippen molar-refractivity contribution < 1.29 is 14.6 Å². The molecule has 4 unspecified atom stereocenters. The van der Waals surface area contributed by atoms with Crippen molar-refractivity contribution in [3.8, 4) is 17.6 Å². The molecular formula is C24H30O3. The van der Waals surface area contributed by atoms with Gasteiger partial charge in [0, 0.05) is 24.3 Å².